The Balaban J connectivity index is 2.70. The Morgan fingerprint density at radius 2 is 1.50 bits per heavy atom. The molecule has 10 heavy (non-hydrogen) atoms. The first-order chi connectivity index (χ1) is 4.46. The van der Waals surface area contributed by atoms with Crippen LogP contribution >= 0.6 is 34.8 Å². The Morgan fingerprint density at radius 1 is 1.00 bits per heavy atom. The van der Waals surface area contributed by atoms with E-state index in [0.29, 0.717) is 12.8 Å². The summed E-state index contributed by atoms with van der Waals surface area (Å²) in [4.78, 5) is 0. The highest BCUT2D eigenvalue weighted by molar-refractivity contribution is 6.53. The minimum Gasteiger partial charge on any atom is -0.372 e. The normalized spacial score (nSPS) is 39.6. The summed E-state index contributed by atoms with van der Waals surface area (Å²) >= 11 is 17.1. The molecule has 0 amide bonds. The van der Waals surface area contributed by atoms with Gasteiger partial charge in [-0.1, -0.05) is 41.2 Å². The lowest BCUT2D eigenvalue weighted by Gasteiger charge is -2.37. The average Bonchev–Trinajstić information content (AvgIpc) is 1.77. The molecule has 60 valence electrons. The topological polar surface area (TPSA) is 20.2 Å². The lowest BCUT2D eigenvalue weighted by Crippen LogP contribution is -2.43. The van der Waals surface area contributed by atoms with E-state index in [4.69, 9.17) is 34.8 Å². The van der Waals surface area contributed by atoms with Gasteiger partial charge in [0.1, 0.15) is 0 Å². The fourth-order valence-corrected chi connectivity index (χ4v) is 1.77. The maximum Gasteiger partial charge on any atom is 0.171 e. The monoisotopic (exact) mass is 202 g/mol. The van der Waals surface area contributed by atoms with E-state index >= 15 is 0 Å². The zero-order chi connectivity index (χ0) is 7.83. The van der Waals surface area contributed by atoms with E-state index in [2.05, 4.69) is 0 Å². The smallest absolute Gasteiger partial charge is 0.171 e. The van der Waals surface area contributed by atoms with Crippen molar-refractivity contribution in [1.29, 1.82) is 0 Å². The molecule has 0 aromatic carbocycles. The Bertz CT molecular complexity index is 117. The van der Waals surface area contributed by atoms with E-state index in [9.17, 15) is 5.11 Å². The molecule has 0 aromatic heterocycles. The highest BCUT2D eigenvalue weighted by Gasteiger charge is 2.48. The van der Waals surface area contributed by atoms with E-state index in [1.807, 2.05) is 0 Å². The molecule has 0 saturated heterocycles. The highest BCUT2D eigenvalue weighted by Crippen LogP contribution is 2.47. The van der Waals surface area contributed by atoms with Gasteiger partial charge in [-0.2, -0.15) is 0 Å². The third kappa shape index (κ3) is 1.53. The minimum absolute atomic E-state index is 0.474. The SMILES string of the molecule is OC1(Cl)CCCCC1(Cl)Cl. The van der Waals surface area contributed by atoms with Crippen LogP contribution in [0, 0.1) is 0 Å². The molecule has 1 saturated carbocycles. The maximum atomic E-state index is 9.40. The van der Waals surface area contributed by atoms with Crippen molar-refractivity contribution >= 4 is 34.8 Å². The Hall–Kier alpha value is 0.830. The van der Waals surface area contributed by atoms with Gasteiger partial charge in [0.25, 0.3) is 0 Å². The average molecular weight is 203 g/mol. The molecule has 1 aliphatic rings. The van der Waals surface area contributed by atoms with Crippen LogP contribution in [0.3, 0.4) is 0 Å². The molecule has 0 aromatic rings. The van der Waals surface area contributed by atoms with Crippen LogP contribution in [0.2, 0.25) is 0 Å². The third-order valence-electron chi connectivity index (χ3n) is 1.81. The molecule has 0 spiro atoms. The van der Waals surface area contributed by atoms with Crippen LogP contribution in [-0.4, -0.2) is 14.5 Å². The van der Waals surface area contributed by atoms with E-state index in [1.54, 1.807) is 0 Å². The lowest BCUT2D eigenvalue weighted by molar-refractivity contribution is 0.0762. The van der Waals surface area contributed by atoms with Gasteiger partial charge in [0.05, 0.1) is 0 Å². The lowest BCUT2D eigenvalue weighted by atomic mass is 9.96. The molecule has 1 aliphatic carbocycles. The van der Waals surface area contributed by atoms with Crippen molar-refractivity contribution < 1.29 is 5.11 Å². The number of aliphatic hydroxyl groups is 1. The predicted octanol–water partition coefficient (Wildman–Crippen LogP) is 2.66. The van der Waals surface area contributed by atoms with Crippen LogP contribution in [0.4, 0.5) is 0 Å². The second kappa shape index (κ2) is 2.71. The first-order valence-electron chi connectivity index (χ1n) is 3.25. The summed E-state index contributed by atoms with van der Waals surface area (Å²) in [5, 5.41) is 7.98. The summed E-state index contributed by atoms with van der Waals surface area (Å²) in [6.45, 7) is 0. The molecule has 4 heteroatoms. The Labute approximate surface area is 75.3 Å². The van der Waals surface area contributed by atoms with E-state index < -0.39 is 9.39 Å². The molecule has 1 rings (SSSR count). The summed E-state index contributed by atoms with van der Waals surface area (Å²) in [7, 11) is 0. The van der Waals surface area contributed by atoms with Gasteiger partial charge in [-0.05, 0) is 19.3 Å². The van der Waals surface area contributed by atoms with Crippen LogP contribution in [-0.2, 0) is 0 Å². The number of hydrogen-bond donors (Lipinski definition) is 1. The number of halogens is 3. The molecule has 1 unspecified atom stereocenters. The molecule has 1 N–H and O–H groups in total. The second-order valence-corrected chi connectivity index (χ2v) is 4.78. The molecular weight excluding hydrogens is 194 g/mol. The van der Waals surface area contributed by atoms with Crippen molar-refractivity contribution in [2.24, 2.45) is 0 Å². The maximum absolute atomic E-state index is 9.40. The fraction of sp³-hybridized carbons (Fsp3) is 1.00. The third-order valence-corrected chi connectivity index (χ3v) is 3.52. The van der Waals surface area contributed by atoms with Crippen LogP contribution in [0.5, 0.6) is 0 Å². The van der Waals surface area contributed by atoms with E-state index in [-0.39, 0.29) is 0 Å². The highest BCUT2D eigenvalue weighted by atomic mass is 35.5. The van der Waals surface area contributed by atoms with Crippen LogP contribution in [0.25, 0.3) is 0 Å². The van der Waals surface area contributed by atoms with Crippen molar-refractivity contribution in [3.8, 4) is 0 Å². The van der Waals surface area contributed by atoms with E-state index in [0.717, 1.165) is 12.8 Å². The molecule has 1 atom stereocenters. The van der Waals surface area contributed by atoms with Gasteiger partial charge in [-0.15, -0.1) is 0 Å². The van der Waals surface area contributed by atoms with Crippen LogP contribution in [0.1, 0.15) is 25.7 Å². The summed E-state index contributed by atoms with van der Waals surface area (Å²) in [5.41, 5.74) is 0. The second-order valence-electron chi connectivity index (χ2n) is 2.67. The van der Waals surface area contributed by atoms with Crippen molar-refractivity contribution in [1.82, 2.24) is 0 Å². The number of hydrogen-bond acceptors (Lipinski definition) is 1. The van der Waals surface area contributed by atoms with Gasteiger partial charge in [-0.25, -0.2) is 0 Å². The first kappa shape index (κ1) is 8.92. The van der Waals surface area contributed by atoms with Crippen LogP contribution < -0.4 is 0 Å². The van der Waals surface area contributed by atoms with E-state index in [1.165, 1.54) is 0 Å². The van der Waals surface area contributed by atoms with Crippen molar-refractivity contribution in [3.63, 3.8) is 0 Å². The summed E-state index contributed by atoms with van der Waals surface area (Å²) in [6, 6.07) is 0. The van der Waals surface area contributed by atoms with Crippen molar-refractivity contribution in [3.05, 3.63) is 0 Å². The molecule has 0 radical (unpaired) electrons. The minimum atomic E-state index is -1.42. The quantitative estimate of drug-likeness (QED) is 0.600. The zero-order valence-corrected chi connectivity index (χ0v) is 7.68. The number of rotatable bonds is 0. The van der Waals surface area contributed by atoms with Gasteiger partial charge in [0, 0.05) is 0 Å². The van der Waals surface area contributed by atoms with Gasteiger partial charge in [-0.3, -0.25) is 0 Å². The van der Waals surface area contributed by atoms with Gasteiger partial charge < -0.3 is 5.11 Å². The largest absolute Gasteiger partial charge is 0.372 e. The number of alkyl halides is 3. The standard InChI is InChI=1S/C6H9Cl3O/c7-5(8)3-1-2-4-6(5,9)10/h10H,1-4H2. The molecule has 0 aliphatic heterocycles. The van der Waals surface area contributed by atoms with Gasteiger partial charge in [0.2, 0.25) is 0 Å². The molecule has 1 nitrogen and oxygen atoms in total. The predicted molar refractivity (Wildman–Crippen MR) is 43.7 cm³/mol. The molecule has 0 bridgehead atoms. The molecule has 1 fully saturated rings. The molecular formula is C6H9Cl3O. The van der Waals surface area contributed by atoms with Crippen LogP contribution in [0.15, 0.2) is 0 Å². The van der Waals surface area contributed by atoms with Crippen molar-refractivity contribution in [2.75, 3.05) is 0 Å². The first-order valence-corrected chi connectivity index (χ1v) is 4.38. The zero-order valence-electron chi connectivity index (χ0n) is 5.41. The summed E-state index contributed by atoms with van der Waals surface area (Å²) < 4.78 is -1.16. The van der Waals surface area contributed by atoms with Crippen molar-refractivity contribution in [2.45, 2.75) is 35.1 Å². The fourth-order valence-electron chi connectivity index (χ4n) is 1.08. The summed E-state index contributed by atoms with van der Waals surface area (Å²) in [5.74, 6) is 0. The van der Waals surface area contributed by atoms with Gasteiger partial charge >= 0.3 is 0 Å². The Morgan fingerprint density at radius 3 is 1.80 bits per heavy atom. The Kier molecular flexibility index (Phi) is 2.41. The van der Waals surface area contributed by atoms with Gasteiger partial charge in [0.15, 0.2) is 9.39 Å². The molecule has 0 heterocycles. The summed E-state index contributed by atoms with van der Waals surface area (Å²) in [6.07, 6.45) is 2.86.